The lowest BCUT2D eigenvalue weighted by Crippen LogP contribution is -2.08. The third-order valence-corrected chi connectivity index (χ3v) is 6.81. The van der Waals surface area contributed by atoms with Crippen molar-refractivity contribution in [3.63, 3.8) is 0 Å². The Balaban J connectivity index is 1.94. The SMILES string of the molecule is COc1ccc(-c2c(-c3ccc(N(C)C)cc3)nc3ncnc(N)c3c2-c2ccc(OC)c(OC)c2)cc1OC. The molecular formula is C31H31N5O4. The van der Waals surface area contributed by atoms with Crippen LogP contribution in [0.5, 0.6) is 23.0 Å². The van der Waals surface area contributed by atoms with Crippen molar-refractivity contribution in [3.8, 4) is 56.5 Å². The van der Waals surface area contributed by atoms with E-state index in [0.717, 1.165) is 39.2 Å². The highest BCUT2D eigenvalue weighted by Gasteiger charge is 2.24. The molecule has 40 heavy (non-hydrogen) atoms. The van der Waals surface area contributed by atoms with E-state index in [1.165, 1.54) is 6.33 Å². The van der Waals surface area contributed by atoms with Crippen LogP contribution in [0.4, 0.5) is 11.5 Å². The normalized spacial score (nSPS) is 10.8. The first-order valence-corrected chi connectivity index (χ1v) is 12.6. The van der Waals surface area contributed by atoms with Gasteiger partial charge in [0.05, 0.1) is 39.5 Å². The van der Waals surface area contributed by atoms with E-state index < -0.39 is 0 Å². The Morgan fingerprint density at radius 2 is 1.15 bits per heavy atom. The molecule has 0 amide bonds. The molecule has 3 aromatic carbocycles. The lowest BCUT2D eigenvalue weighted by molar-refractivity contribution is 0.355. The quantitative estimate of drug-likeness (QED) is 0.266. The standard InChI is InChI=1S/C31H31N5O4/c1-36(2)21-11-7-18(8-12-21)29-27(20-10-14-23(38-4)25(16-20)40-6)26(28-30(32)33-17-34-31(28)35-29)19-9-13-22(37-3)24(15-19)39-5/h7-17H,1-6H3,(H2,32,33,34,35). The molecule has 0 unspecified atom stereocenters. The Kier molecular flexibility index (Phi) is 7.29. The summed E-state index contributed by atoms with van der Waals surface area (Å²) in [5.41, 5.74) is 13.0. The van der Waals surface area contributed by atoms with Crippen molar-refractivity contribution in [1.82, 2.24) is 15.0 Å². The maximum Gasteiger partial charge on any atom is 0.165 e. The summed E-state index contributed by atoms with van der Waals surface area (Å²) in [6.07, 6.45) is 1.43. The molecule has 2 aromatic heterocycles. The van der Waals surface area contributed by atoms with E-state index in [9.17, 15) is 0 Å². The zero-order valence-electron chi connectivity index (χ0n) is 23.4. The minimum atomic E-state index is 0.318. The van der Waals surface area contributed by atoms with Gasteiger partial charge < -0.3 is 29.6 Å². The molecule has 0 aliphatic carbocycles. The minimum absolute atomic E-state index is 0.318. The second-order valence-electron chi connectivity index (χ2n) is 9.25. The Labute approximate surface area is 233 Å². The highest BCUT2D eigenvalue weighted by molar-refractivity contribution is 6.10. The van der Waals surface area contributed by atoms with E-state index in [0.29, 0.717) is 39.8 Å². The topological polar surface area (TPSA) is 105 Å². The fourth-order valence-electron chi connectivity index (χ4n) is 4.80. The van der Waals surface area contributed by atoms with Gasteiger partial charge in [-0.2, -0.15) is 0 Å². The number of nitrogen functional groups attached to an aromatic ring is 1. The number of nitrogens with zero attached hydrogens (tertiary/aromatic N) is 4. The summed E-state index contributed by atoms with van der Waals surface area (Å²) in [7, 11) is 10.5. The molecule has 0 fully saturated rings. The summed E-state index contributed by atoms with van der Waals surface area (Å²) >= 11 is 0. The third-order valence-electron chi connectivity index (χ3n) is 6.81. The predicted molar refractivity (Wildman–Crippen MR) is 159 cm³/mol. The maximum absolute atomic E-state index is 6.51. The summed E-state index contributed by atoms with van der Waals surface area (Å²) in [6, 6.07) is 19.8. The number of anilines is 2. The van der Waals surface area contributed by atoms with E-state index in [4.69, 9.17) is 29.7 Å². The van der Waals surface area contributed by atoms with Crippen LogP contribution in [-0.4, -0.2) is 57.5 Å². The van der Waals surface area contributed by atoms with Gasteiger partial charge in [-0.3, -0.25) is 0 Å². The van der Waals surface area contributed by atoms with Crippen LogP contribution in [0.1, 0.15) is 0 Å². The Morgan fingerprint density at radius 1 is 0.625 bits per heavy atom. The molecule has 2 N–H and O–H groups in total. The molecule has 0 atom stereocenters. The van der Waals surface area contributed by atoms with Crippen molar-refractivity contribution >= 4 is 22.5 Å². The van der Waals surface area contributed by atoms with Crippen LogP contribution in [0, 0.1) is 0 Å². The van der Waals surface area contributed by atoms with Gasteiger partial charge in [-0.05, 0) is 47.5 Å². The molecule has 0 saturated heterocycles. The van der Waals surface area contributed by atoms with E-state index in [-0.39, 0.29) is 0 Å². The molecule has 0 aliphatic heterocycles. The van der Waals surface area contributed by atoms with E-state index in [2.05, 4.69) is 39.1 Å². The summed E-state index contributed by atoms with van der Waals surface area (Å²) in [5, 5.41) is 0.633. The van der Waals surface area contributed by atoms with Crippen molar-refractivity contribution in [1.29, 1.82) is 0 Å². The summed E-state index contributed by atoms with van der Waals surface area (Å²) in [5.74, 6) is 2.71. The first-order valence-electron chi connectivity index (χ1n) is 12.6. The first-order chi connectivity index (χ1) is 19.4. The van der Waals surface area contributed by atoms with Gasteiger partial charge in [-0.25, -0.2) is 15.0 Å². The number of ether oxygens (including phenoxy) is 4. The van der Waals surface area contributed by atoms with Gasteiger partial charge in [0.1, 0.15) is 12.1 Å². The monoisotopic (exact) mass is 537 g/mol. The average molecular weight is 538 g/mol. The lowest BCUT2D eigenvalue weighted by Gasteiger charge is -2.20. The number of nitrogens with two attached hydrogens (primary N) is 1. The van der Waals surface area contributed by atoms with Gasteiger partial charge >= 0.3 is 0 Å². The second kappa shape index (κ2) is 11.0. The molecule has 9 nitrogen and oxygen atoms in total. The summed E-state index contributed by atoms with van der Waals surface area (Å²) in [4.78, 5) is 15.9. The number of aromatic nitrogens is 3. The molecule has 0 aliphatic rings. The van der Waals surface area contributed by atoms with Crippen LogP contribution in [0.15, 0.2) is 67.0 Å². The van der Waals surface area contributed by atoms with E-state index in [1.807, 2.05) is 50.5 Å². The van der Waals surface area contributed by atoms with Gasteiger partial charge in [-0.15, -0.1) is 0 Å². The lowest BCUT2D eigenvalue weighted by atomic mass is 9.88. The van der Waals surface area contributed by atoms with Crippen LogP contribution in [0.25, 0.3) is 44.5 Å². The molecule has 9 heteroatoms. The summed E-state index contributed by atoms with van der Waals surface area (Å²) < 4.78 is 22.4. The molecule has 0 radical (unpaired) electrons. The molecule has 0 spiro atoms. The summed E-state index contributed by atoms with van der Waals surface area (Å²) in [6.45, 7) is 0. The van der Waals surface area contributed by atoms with E-state index in [1.54, 1.807) is 28.4 Å². The minimum Gasteiger partial charge on any atom is -0.493 e. The zero-order chi connectivity index (χ0) is 28.4. The molecule has 0 bridgehead atoms. The number of rotatable bonds is 8. The largest absolute Gasteiger partial charge is 0.493 e. The molecule has 5 aromatic rings. The van der Waals surface area contributed by atoms with Crippen LogP contribution in [0.2, 0.25) is 0 Å². The van der Waals surface area contributed by atoms with Crippen LogP contribution < -0.4 is 29.6 Å². The van der Waals surface area contributed by atoms with Crippen molar-refractivity contribution in [2.24, 2.45) is 0 Å². The van der Waals surface area contributed by atoms with Crippen LogP contribution >= 0.6 is 0 Å². The Hall–Kier alpha value is -5.05. The van der Waals surface area contributed by atoms with Gasteiger partial charge in [0.25, 0.3) is 0 Å². The average Bonchev–Trinajstić information content (AvgIpc) is 2.99. The number of benzene rings is 3. The van der Waals surface area contributed by atoms with Gasteiger partial charge in [0.2, 0.25) is 0 Å². The predicted octanol–water partition coefficient (Wildman–Crippen LogP) is 5.71. The highest BCUT2D eigenvalue weighted by atomic mass is 16.5. The smallest absolute Gasteiger partial charge is 0.165 e. The highest BCUT2D eigenvalue weighted by Crippen LogP contribution is 2.47. The van der Waals surface area contributed by atoms with Crippen molar-refractivity contribution in [2.45, 2.75) is 0 Å². The van der Waals surface area contributed by atoms with Gasteiger partial charge in [0.15, 0.2) is 28.6 Å². The van der Waals surface area contributed by atoms with E-state index >= 15 is 0 Å². The molecule has 2 heterocycles. The molecule has 5 rings (SSSR count). The Morgan fingerprint density at radius 3 is 1.68 bits per heavy atom. The van der Waals surface area contributed by atoms with Crippen molar-refractivity contribution < 1.29 is 18.9 Å². The second-order valence-corrected chi connectivity index (χ2v) is 9.25. The number of hydrogen-bond donors (Lipinski definition) is 1. The van der Waals surface area contributed by atoms with Crippen LogP contribution in [0.3, 0.4) is 0 Å². The zero-order valence-corrected chi connectivity index (χ0v) is 23.4. The number of fused-ring (bicyclic) bond motifs is 1. The van der Waals surface area contributed by atoms with Crippen molar-refractivity contribution in [2.75, 3.05) is 53.2 Å². The Bertz CT molecular complexity index is 1690. The molecule has 204 valence electrons. The molecule has 0 saturated carbocycles. The maximum atomic E-state index is 6.51. The number of methoxy groups -OCH3 is 4. The third kappa shape index (κ3) is 4.66. The fraction of sp³-hybridized carbons (Fsp3) is 0.194. The first kappa shape index (κ1) is 26.6. The van der Waals surface area contributed by atoms with Crippen molar-refractivity contribution in [3.05, 3.63) is 67.0 Å². The number of hydrogen-bond acceptors (Lipinski definition) is 9. The molecular weight excluding hydrogens is 506 g/mol. The van der Waals surface area contributed by atoms with Gasteiger partial charge in [0, 0.05) is 36.5 Å². The van der Waals surface area contributed by atoms with Gasteiger partial charge in [-0.1, -0.05) is 24.3 Å². The fourth-order valence-corrected chi connectivity index (χ4v) is 4.80. The number of pyridine rings is 1. The van der Waals surface area contributed by atoms with Crippen LogP contribution in [-0.2, 0) is 0 Å².